The van der Waals surface area contributed by atoms with Gasteiger partial charge in [-0.25, -0.2) is 13.4 Å². The van der Waals surface area contributed by atoms with Crippen LogP contribution in [0.3, 0.4) is 0 Å². The molecule has 0 aliphatic rings. The summed E-state index contributed by atoms with van der Waals surface area (Å²) in [6, 6.07) is 0. The summed E-state index contributed by atoms with van der Waals surface area (Å²) < 4.78 is 27.1. The van der Waals surface area contributed by atoms with Crippen molar-refractivity contribution in [1.29, 1.82) is 0 Å². The molecule has 0 unspecified atom stereocenters. The summed E-state index contributed by atoms with van der Waals surface area (Å²) in [5, 5.41) is 0.149. The molecule has 0 saturated carbocycles. The van der Waals surface area contributed by atoms with E-state index in [9.17, 15) is 8.42 Å². The molecule has 0 aliphatic carbocycles. The predicted molar refractivity (Wildman–Crippen MR) is 79.9 cm³/mol. The second kappa shape index (κ2) is 6.69. The molecule has 0 radical (unpaired) electrons. The zero-order chi connectivity index (χ0) is 15.4. The van der Waals surface area contributed by atoms with Crippen LogP contribution in [0, 0.1) is 0 Å². The highest BCUT2D eigenvalue weighted by atomic mass is 32.2. The van der Waals surface area contributed by atoms with Crippen LogP contribution in [0.4, 0.5) is 0 Å². The molecule has 116 valence electrons. The van der Waals surface area contributed by atoms with Gasteiger partial charge < -0.3 is 10.7 Å². The quantitative estimate of drug-likeness (QED) is 0.761. The molecule has 0 fully saturated rings. The summed E-state index contributed by atoms with van der Waals surface area (Å²) in [5.74, 6) is 0.672. The minimum atomic E-state index is -3.60. The molecule has 0 aliphatic heterocycles. The average molecular weight is 302 g/mol. The van der Waals surface area contributed by atoms with Crippen LogP contribution in [-0.2, 0) is 16.4 Å². The van der Waals surface area contributed by atoms with E-state index in [1.54, 1.807) is 0 Å². The van der Waals surface area contributed by atoms with Crippen LogP contribution >= 0.6 is 0 Å². The van der Waals surface area contributed by atoms with Crippen LogP contribution in [0.2, 0.25) is 0 Å². The van der Waals surface area contributed by atoms with E-state index >= 15 is 0 Å². The maximum atomic E-state index is 12.8. The van der Waals surface area contributed by atoms with Gasteiger partial charge in [0.2, 0.25) is 0 Å². The maximum absolute atomic E-state index is 12.8. The topological polar surface area (TPSA) is 92.1 Å². The van der Waals surface area contributed by atoms with Gasteiger partial charge >= 0.3 is 0 Å². The fraction of sp³-hybridized carbons (Fsp3) is 0.769. The zero-order valence-corrected chi connectivity index (χ0v) is 13.6. The Morgan fingerprint density at radius 1 is 1.30 bits per heavy atom. The Hall–Kier alpha value is -0.920. The molecule has 20 heavy (non-hydrogen) atoms. The number of hydrogen-bond acceptors (Lipinski definition) is 4. The van der Waals surface area contributed by atoms with E-state index in [1.165, 1.54) is 10.5 Å². The first-order valence-corrected chi connectivity index (χ1v) is 8.62. The van der Waals surface area contributed by atoms with Crippen molar-refractivity contribution < 1.29 is 8.42 Å². The van der Waals surface area contributed by atoms with Gasteiger partial charge in [-0.05, 0) is 12.8 Å². The third-order valence-corrected chi connectivity index (χ3v) is 6.01. The Bertz CT molecular complexity index is 512. The van der Waals surface area contributed by atoms with E-state index < -0.39 is 15.6 Å². The van der Waals surface area contributed by atoms with Gasteiger partial charge in [0.25, 0.3) is 10.0 Å². The minimum Gasteiger partial charge on any atom is -0.332 e. The summed E-state index contributed by atoms with van der Waals surface area (Å²) in [7, 11) is -3.60. The number of aryl methyl sites for hydroxylation is 1. The second-order valence-corrected chi connectivity index (χ2v) is 6.68. The van der Waals surface area contributed by atoms with E-state index in [1.807, 2.05) is 27.7 Å². The largest absolute Gasteiger partial charge is 0.332 e. The number of nitrogens with zero attached hydrogens (tertiary/aromatic N) is 2. The molecular formula is C13H26N4O2S. The van der Waals surface area contributed by atoms with Gasteiger partial charge in [0.1, 0.15) is 5.82 Å². The molecule has 3 N–H and O–H groups in total. The number of likely N-dealkylation sites (N-methyl/N-ethyl adjacent to an activating group) is 1. The van der Waals surface area contributed by atoms with Crippen LogP contribution in [0.5, 0.6) is 0 Å². The van der Waals surface area contributed by atoms with E-state index in [2.05, 4.69) is 9.97 Å². The number of aromatic nitrogens is 2. The maximum Gasteiger partial charge on any atom is 0.260 e. The molecule has 1 heterocycles. The smallest absolute Gasteiger partial charge is 0.260 e. The lowest BCUT2D eigenvalue weighted by Crippen LogP contribution is -2.55. The fourth-order valence-corrected chi connectivity index (χ4v) is 4.38. The fourth-order valence-electron chi connectivity index (χ4n) is 2.53. The summed E-state index contributed by atoms with van der Waals surface area (Å²) in [5.41, 5.74) is 5.34. The monoisotopic (exact) mass is 302 g/mol. The van der Waals surface area contributed by atoms with Crippen molar-refractivity contribution in [2.45, 2.75) is 57.5 Å². The highest BCUT2D eigenvalue weighted by Crippen LogP contribution is 2.28. The highest BCUT2D eigenvalue weighted by molar-refractivity contribution is 7.89. The first-order valence-electron chi connectivity index (χ1n) is 7.18. The first-order chi connectivity index (χ1) is 9.41. The molecular weight excluding hydrogens is 276 g/mol. The number of hydrogen-bond donors (Lipinski definition) is 2. The number of sulfonamides is 1. The van der Waals surface area contributed by atoms with Crippen molar-refractivity contribution in [2.24, 2.45) is 5.73 Å². The van der Waals surface area contributed by atoms with Gasteiger partial charge in [-0.2, -0.15) is 4.31 Å². The number of imidazole rings is 1. The van der Waals surface area contributed by atoms with Gasteiger partial charge in [-0.15, -0.1) is 0 Å². The van der Waals surface area contributed by atoms with Crippen LogP contribution in [-0.4, -0.2) is 41.3 Å². The van der Waals surface area contributed by atoms with E-state index in [4.69, 9.17) is 5.73 Å². The summed E-state index contributed by atoms with van der Waals surface area (Å²) >= 11 is 0. The van der Waals surface area contributed by atoms with E-state index in [0.29, 0.717) is 38.2 Å². The number of nitrogens with two attached hydrogens (primary N) is 1. The first kappa shape index (κ1) is 17.1. The van der Waals surface area contributed by atoms with Gasteiger partial charge in [-0.3, -0.25) is 0 Å². The molecule has 0 spiro atoms. The SMILES string of the molecule is CCc1ncc(S(=O)(=O)N(CC)C(CC)(CC)CN)[nH]1. The molecule has 0 bridgehead atoms. The third-order valence-electron chi connectivity index (χ3n) is 4.02. The lowest BCUT2D eigenvalue weighted by Gasteiger charge is -2.40. The van der Waals surface area contributed by atoms with Crippen LogP contribution in [0.25, 0.3) is 0 Å². The van der Waals surface area contributed by atoms with Crippen LogP contribution < -0.4 is 5.73 Å². The van der Waals surface area contributed by atoms with E-state index in [0.717, 1.165) is 0 Å². The Kier molecular flexibility index (Phi) is 5.73. The number of rotatable bonds is 8. The third kappa shape index (κ3) is 2.89. The normalized spacial score (nSPS) is 13.1. The standard InChI is InChI=1S/C13H26N4O2S/c1-5-11-15-9-12(16-11)20(18,19)17(8-4)13(6-2,7-3)10-14/h9H,5-8,10,14H2,1-4H3,(H,15,16). The number of H-pyrrole nitrogens is 1. The molecule has 6 nitrogen and oxygen atoms in total. The second-order valence-electron chi connectivity index (χ2n) is 4.85. The Morgan fingerprint density at radius 2 is 1.90 bits per heavy atom. The molecule has 7 heteroatoms. The van der Waals surface area contributed by atoms with Gasteiger partial charge in [0, 0.05) is 25.0 Å². The molecule has 1 aromatic heterocycles. The van der Waals surface area contributed by atoms with Crippen molar-refractivity contribution in [3.05, 3.63) is 12.0 Å². The van der Waals surface area contributed by atoms with Crippen molar-refractivity contribution in [1.82, 2.24) is 14.3 Å². The lowest BCUT2D eigenvalue weighted by atomic mass is 9.93. The average Bonchev–Trinajstić information content (AvgIpc) is 2.94. The van der Waals surface area contributed by atoms with Crippen LogP contribution in [0.1, 0.15) is 46.4 Å². The number of nitrogens with one attached hydrogen (secondary N) is 1. The predicted octanol–water partition coefficient (Wildman–Crippen LogP) is 1.50. The van der Waals surface area contributed by atoms with Crippen LogP contribution in [0.15, 0.2) is 11.2 Å². The highest BCUT2D eigenvalue weighted by Gasteiger charge is 2.40. The van der Waals surface area contributed by atoms with Gasteiger partial charge in [0.05, 0.1) is 6.20 Å². The zero-order valence-electron chi connectivity index (χ0n) is 12.8. The summed E-state index contributed by atoms with van der Waals surface area (Å²) in [6.45, 7) is 8.40. The van der Waals surface area contributed by atoms with Crippen molar-refractivity contribution in [2.75, 3.05) is 13.1 Å². The van der Waals surface area contributed by atoms with Crippen molar-refractivity contribution >= 4 is 10.0 Å². The Morgan fingerprint density at radius 3 is 2.25 bits per heavy atom. The minimum absolute atomic E-state index is 0.149. The Labute approximate surface area is 121 Å². The molecule has 1 aromatic rings. The molecule has 0 aromatic carbocycles. The van der Waals surface area contributed by atoms with Gasteiger partial charge in [0.15, 0.2) is 5.03 Å². The molecule has 0 atom stereocenters. The summed E-state index contributed by atoms with van der Waals surface area (Å²) in [6.07, 6.45) is 3.43. The molecule has 0 saturated heterocycles. The van der Waals surface area contributed by atoms with Gasteiger partial charge in [-0.1, -0.05) is 27.7 Å². The van der Waals surface area contributed by atoms with E-state index in [-0.39, 0.29) is 5.03 Å². The number of aromatic amines is 1. The lowest BCUT2D eigenvalue weighted by molar-refractivity contribution is 0.184. The summed E-state index contributed by atoms with van der Waals surface area (Å²) in [4.78, 5) is 6.97. The Balaban J connectivity index is 3.28. The molecule has 0 amide bonds. The van der Waals surface area contributed by atoms with Crippen molar-refractivity contribution in [3.63, 3.8) is 0 Å². The molecule has 1 rings (SSSR count). The van der Waals surface area contributed by atoms with Crippen molar-refractivity contribution in [3.8, 4) is 0 Å².